The van der Waals surface area contributed by atoms with Gasteiger partial charge < -0.3 is 18.6 Å². The first-order valence-corrected chi connectivity index (χ1v) is 19.1. The lowest BCUT2D eigenvalue weighted by molar-refractivity contribution is 0.668. The Hall–Kier alpha value is -7.70. The molecular formula is C51H31N3O3. The fourth-order valence-electron chi connectivity index (χ4n) is 8.32. The number of rotatable bonds is 5. The maximum Gasteiger partial charge on any atom is 0.159 e. The molecule has 0 spiro atoms. The van der Waals surface area contributed by atoms with Gasteiger partial charge in [0, 0.05) is 49.0 Å². The lowest BCUT2D eigenvalue weighted by Gasteiger charge is -2.23. The van der Waals surface area contributed by atoms with Crippen molar-refractivity contribution in [1.82, 2.24) is 5.32 Å². The van der Waals surface area contributed by atoms with Crippen LogP contribution in [0.4, 0.5) is 0 Å². The van der Waals surface area contributed by atoms with Gasteiger partial charge in [-0.2, -0.15) is 0 Å². The molecule has 11 aromatic rings. The van der Waals surface area contributed by atoms with Crippen molar-refractivity contribution < 1.29 is 13.3 Å². The third-order valence-corrected chi connectivity index (χ3v) is 11.1. The zero-order chi connectivity index (χ0) is 37.5. The van der Waals surface area contributed by atoms with Gasteiger partial charge in [-0.15, -0.1) is 0 Å². The van der Waals surface area contributed by atoms with Gasteiger partial charge >= 0.3 is 0 Å². The molecule has 0 amide bonds. The number of nitrogens with one attached hydrogen (secondary N) is 1. The zero-order valence-electron chi connectivity index (χ0n) is 30.4. The summed E-state index contributed by atoms with van der Waals surface area (Å²) in [6.45, 7) is 0. The number of aliphatic imine (C=N–C) groups is 2. The van der Waals surface area contributed by atoms with Crippen LogP contribution in [0.25, 0.3) is 88.1 Å². The molecule has 1 aliphatic heterocycles. The molecule has 6 heteroatoms. The van der Waals surface area contributed by atoms with Crippen LogP contribution in [0.5, 0.6) is 0 Å². The van der Waals surface area contributed by atoms with Crippen molar-refractivity contribution in [2.24, 2.45) is 9.98 Å². The maximum absolute atomic E-state index is 6.83. The molecule has 0 saturated heterocycles. The Bertz CT molecular complexity index is 3440. The second-order valence-corrected chi connectivity index (χ2v) is 14.6. The first-order valence-electron chi connectivity index (χ1n) is 19.1. The minimum absolute atomic E-state index is 0.299. The second kappa shape index (κ2) is 12.4. The van der Waals surface area contributed by atoms with Crippen molar-refractivity contribution in [2.45, 2.75) is 6.17 Å². The van der Waals surface area contributed by atoms with E-state index in [1.807, 2.05) is 60.7 Å². The SMILES string of the molecule is c1ccc(C2=NC(c3ccccc3)NC(c3ccc4oc5c(-c6ccc7oc8ccccc8c7c6)cc(-c6ccc7oc8ccccc8c7c6)cc5c4c3)=N2)cc1. The molecule has 6 nitrogen and oxygen atoms in total. The number of hydrogen-bond donors (Lipinski definition) is 1. The monoisotopic (exact) mass is 733 g/mol. The fourth-order valence-corrected chi connectivity index (χ4v) is 8.32. The number of para-hydroxylation sites is 2. The molecule has 3 aromatic heterocycles. The van der Waals surface area contributed by atoms with E-state index in [-0.39, 0.29) is 6.17 Å². The third-order valence-electron chi connectivity index (χ3n) is 11.1. The smallest absolute Gasteiger partial charge is 0.159 e. The third kappa shape index (κ3) is 5.19. The van der Waals surface area contributed by atoms with Gasteiger partial charge in [-0.05, 0) is 89.0 Å². The molecule has 0 radical (unpaired) electrons. The largest absolute Gasteiger partial charge is 0.456 e. The van der Waals surface area contributed by atoms with Crippen LogP contribution in [0.2, 0.25) is 0 Å². The van der Waals surface area contributed by atoms with E-state index in [0.717, 1.165) is 111 Å². The van der Waals surface area contributed by atoms with Gasteiger partial charge in [-0.3, -0.25) is 0 Å². The first-order chi connectivity index (χ1) is 28.2. The summed E-state index contributed by atoms with van der Waals surface area (Å²) in [6.07, 6.45) is -0.299. The molecule has 1 atom stereocenters. The Morgan fingerprint density at radius 1 is 0.386 bits per heavy atom. The van der Waals surface area contributed by atoms with Gasteiger partial charge in [0.1, 0.15) is 45.5 Å². The molecule has 1 N–H and O–H groups in total. The van der Waals surface area contributed by atoms with E-state index in [9.17, 15) is 0 Å². The Balaban J connectivity index is 1.07. The molecule has 8 aromatic carbocycles. The van der Waals surface area contributed by atoms with E-state index in [2.05, 4.69) is 121 Å². The molecule has 1 unspecified atom stereocenters. The van der Waals surface area contributed by atoms with Crippen LogP contribution in [0.15, 0.2) is 199 Å². The van der Waals surface area contributed by atoms with Crippen LogP contribution in [-0.2, 0) is 0 Å². The molecule has 268 valence electrons. The van der Waals surface area contributed by atoms with E-state index < -0.39 is 0 Å². The number of fused-ring (bicyclic) bond motifs is 9. The average Bonchev–Trinajstić information content (AvgIpc) is 3.97. The average molecular weight is 734 g/mol. The highest BCUT2D eigenvalue weighted by Gasteiger charge is 2.23. The summed E-state index contributed by atoms with van der Waals surface area (Å²) in [4.78, 5) is 10.2. The lowest BCUT2D eigenvalue weighted by Crippen LogP contribution is -2.33. The Kier molecular flexibility index (Phi) is 6.89. The number of nitrogens with zero attached hydrogens (tertiary/aromatic N) is 2. The molecule has 1 aliphatic rings. The van der Waals surface area contributed by atoms with Gasteiger partial charge in [0.25, 0.3) is 0 Å². The molecule has 0 aliphatic carbocycles. The summed E-state index contributed by atoms with van der Waals surface area (Å²) in [7, 11) is 0. The van der Waals surface area contributed by atoms with Crippen LogP contribution in [0, 0.1) is 0 Å². The summed E-state index contributed by atoms with van der Waals surface area (Å²) in [5.74, 6) is 1.43. The Labute approximate surface area is 326 Å². The maximum atomic E-state index is 6.83. The van der Waals surface area contributed by atoms with Crippen LogP contribution in [0.3, 0.4) is 0 Å². The van der Waals surface area contributed by atoms with Gasteiger partial charge in [0.15, 0.2) is 5.84 Å². The highest BCUT2D eigenvalue weighted by atomic mass is 16.3. The Morgan fingerprint density at radius 3 is 1.63 bits per heavy atom. The number of amidine groups is 2. The van der Waals surface area contributed by atoms with Gasteiger partial charge in [0.05, 0.1) is 0 Å². The predicted molar refractivity (Wildman–Crippen MR) is 231 cm³/mol. The molecular weight excluding hydrogens is 703 g/mol. The number of benzene rings is 8. The van der Waals surface area contributed by atoms with E-state index in [4.69, 9.17) is 23.2 Å². The van der Waals surface area contributed by atoms with Crippen molar-refractivity contribution >= 4 is 77.5 Å². The predicted octanol–water partition coefficient (Wildman–Crippen LogP) is 13.2. The summed E-state index contributed by atoms with van der Waals surface area (Å²) in [6, 6.07) is 60.5. The molecule has 4 heterocycles. The van der Waals surface area contributed by atoms with Gasteiger partial charge in [-0.1, -0.05) is 109 Å². The molecule has 12 rings (SSSR count). The van der Waals surface area contributed by atoms with Gasteiger partial charge in [0.2, 0.25) is 0 Å². The normalized spacial score (nSPS) is 14.5. The minimum Gasteiger partial charge on any atom is -0.456 e. The summed E-state index contributed by atoms with van der Waals surface area (Å²) < 4.78 is 19.3. The molecule has 57 heavy (non-hydrogen) atoms. The Morgan fingerprint density at radius 2 is 0.912 bits per heavy atom. The second-order valence-electron chi connectivity index (χ2n) is 14.6. The van der Waals surface area contributed by atoms with Crippen LogP contribution in [0.1, 0.15) is 22.9 Å². The van der Waals surface area contributed by atoms with E-state index >= 15 is 0 Å². The standard InChI is InChI=1S/C51H31N3O3/c1-3-11-30(12-4-1)49-52-50(31-13-5-2-6-14-31)54-51(53-49)34-21-24-47-41(27-34)42-29-35(32-19-22-45-39(25-32)36-15-7-9-17-43(36)55-45)28-38(48(42)57-47)33-20-23-46-40(26-33)37-16-8-10-18-44(37)56-46/h1-29,49H,(H,52,53,54). The van der Waals surface area contributed by atoms with Crippen LogP contribution >= 0.6 is 0 Å². The van der Waals surface area contributed by atoms with E-state index in [1.165, 1.54) is 0 Å². The summed E-state index contributed by atoms with van der Waals surface area (Å²) in [5.41, 5.74) is 12.3. The summed E-state index contributed by atoms with van der Waals surface area (Å²) in [5, 5.41) is 9.98. The van der Waals surface area contributed by atoms with E-state index in [0.29, 0.717) is 5.84 Å². The molecule has 0 fully saturated rings. The van der Waals surface area contributed by atoms with Gasteiger partial charge in [-0.25, -0.2) is 9.98 Å². The quantitative estimate of drug-likeness (QED) is 0.191. The number of hydrogen-bond acceptors (Lipinski definition) is 6. The number of furan rings is 3. The highest BCUT2D eigenvalue weighted by molar-refractivity contribution is 6.17. The highest BCUT2D eigenvalue weighted by Crippen LogP contribution is 2.43. The van der Waals surface area contributed by atoms with Crippen molar-refractivity contribution in [3.8, 4) is 22.3 Å². The van der Waals surface area contributed by atoms with Crippen molar-refractivity contribution in [1.29, 1.82) is 0 Å². The minimum atomic E-state index is -0.299. The van der Waals surface area contributed by atoms with Crippen LogP contribution in [-0.4, -0.2) is 11.7 Å². The zero-order valence-corrected chi connectivity index (χ0v) is 30.4. The topological polar surface area (TPSA) is 76.2 Å². The lowest BCUT2D eigenvalue weighted by atomic mass is 9.94. The van der Waals surface area contributed by atoms with Crippen molar-refractivity contribution in [3.05, 3.63) is 193 Å². The fraction of sp³-hybridized carbons (Fsp3) is 0.0196. The first kappa shape index (κ1) is 31.6. The molecule has 0 saturated carbocycles. The summed E-state index contributed by atoms with van der Waals surface area (Å²) >= 11 is 0. The molecule has 0 bridgehead atoms. The van der Waals surface area contributed by atoms with Crippen molar-refractivity contribution in [2.75, 3.05) is 0 Å². The van der Waals surface area contributed by atoms with Crippen LogP contribution < -0.4 is 5.32 Å². The van der Waals surface area contributed by atoms with E-state index in [1.54, 1.807) is 0 Å². The van der Waals surface area contributed by atoms with Crippen molar-refractivity contribution in [3.63, 3.8) is 0 Å².